The number of amides is 2. The molecular formula is C23H21N3O3. The molecule has 6 heteroatoms. The predicted molar refractivity (Wildman–Crippen MR) is 110 cm³/mol. The first-order valence-corrected chi connectivity index (χ1v) is 9.53. The summed E-state index contributed by atoms with van der Waals surface area (Å²) < 4.78 is 5.78. The number of pyridine rings is 1. The van der Waals surface area contributed by atoms with Gasteiger partial charge in [-0.3, -0.25) is 14.6 Å². The Labute approximate surface area is 169 Å². The van der Waals surface area contributed by atoms with E-state index in [0.717, 1.165) is 17.1 Å². The van der Waals surface area contributed by atoms with Gasteiger partial charge in [-0.25, -0.2) is 0 Å². The Balaban J connectivity index is 1.36. The number of carbonyl (C=O) groups is 2. The van der Waals surface area contributed by atoms with Gasteiger partial charge in [0.05, 0.1) is 12.2 Å². The molecule has 1 fully saturated rings. The molecule has 0 bridgehead atoms. The summed E-state index contributed by atoms with van der Waals surface area (Å²) in [4.78, 5) is 31.0. The van der Waals surface area contributed by atoms with Crippen molar-refractivity contribution in [3.8, 4) is 11.5 Å². The zero-order chi connectivity index (χ0) is 20.1. The van der Waals surface area contributed by atoms with Crippen LogP contribution in [0.4, 0.5) is 5.69 Å². The molecule has 1 saturated heterocycles. The molecule has 1 aromatic heterocycles. The molecular weight excluding hydrogens is 366 g/mol. The summed E-state index contributed by atoms with van der Waals surface area (Å²) in [6.07, 6.45) is 2.17. The van der Waals surface area contributed by atoms with E-state index in [-0.39, 0.29) is 11.8 Å². The van der Waals surface area contributed by atoms with Gasteiger partial charge >= 0.3 is 0 Å². The highest BCUT2D eigenvalue weighted by molar-refractivity contribution is 6.09. The number of hydrogen-bond acceptors (Lipinski definition) is 4. The van der Waals surface area contributed by atoms with Crippen LogP contribution in [-0.4, -0.2) is 23.3 Å². The van der Waals surface area contributed by atoms with Gasteiger partial charge in [-0.1, -0.05) is 24.3 Å². The van der Waals surface area contributed by atoms with Gasteiger partial charge in [-0.05, 0) is 55.0 Å². The number of benzene rings is 2. The minimum absolute atomic E-state index is 0.180. The van der Waals surface area contributed by atoms with E-state index in [2.05, 4.69) is 10.3 Å². The highest BCUT2D eigenvalue weighted by Gasteiger charge is 2.37. The van der Waals surface area contributed by atoms with Crippen molar-refractivity contribution in [3.05, 3.63) is 84.7 Å². The lowest BCUT2D eigenvalue weighted by atomic mass is 10.1. The largest absolute Gasteiger partial charge is 0.457 e. The summed E-state index contributed by atoms with van der Waals surface area (Å²) in [6, 6.07) is 22.3. The first kappa shape index (κ1) is 18.7. The highest BCUT2D eigenvalue weighted by atomic mass is 16.5. The van der Waals surface area contributed by atoms with E-state index in [1.807, 2.05) is 72.8 Å². The van der Waals surface area contributed by atoms with Crippen molar-refractivity contribution in [2.24, 2.45) is 5.92 Å². The molecule has 2 aromatic carbocycles. The third-order valence-electron chi connectivity index (χ3n) is 4.82. The zero-order valence-corrected chi connectivity index (χ0v) is 15.8. The van der Waals surface area contributed by atoms with Gasteiger partial charge in [-0.2, -0.15) is 0 Å². The monoisotopic (exact) mass is 387 g/mol. The van der Waals surface area contributed by atoms with Crippen molar-refractivity contribution >= 4 is 17.5 Å². The van der Waals surface area contributed by atoms with Gasteiger partial charge in [0.1, 0.15) is 17.4 Å². The van der Waals surface area contributed by atoms with Gasteiger partial charge < -0.3 is 15.0 Å². The van der Waals surface area contributed by atoms with E-state index < -0.39 is 5.92 Å². The Kier molecular flexibility index (Phi) is 5.52. The first-order valence-electron chi connectivity index (χ1n) is 9.53. The second-order valence-corrected chi connectivity index (χ2v) is 6.78. The number of anilines is 1. The van der Waals surface area contributed by atoms with Crippen LogP contribution in [0.5, 0.6) is 11.5 Å². The fraction of sp³-hybridized carbons (Fsp3) is 0.174. The first-order chi connectivity index (χ1) is 14.2. The molecule has 2 heterocycles. The minimum atomic E-state index is -0.668. The SMILES string of the molecule is O=C(NCc1ccccn1)C1CCN(c2ccc(Oc3ccccc3)cc2)C1=O. The van der Waals surface area contributed by atoms with Crippen molar-refractivity contribution in [1.29, 1.82) is 0 Å². The smallest absolute Gasteiger partial charge is 0.239 e. The van der Waals surface area contributed by atoms with E-state index in [0.29, 0.717) is 25.3 Å². The average Bonchev–Trinajstić information content (AvgIpc) is 3.15. The van der Waals surface area contributed by atoms with Gasteiger partial charge in [0.2, 0.25) is 11.8 Å². The third kappa shape index (κ3) is 4.43. The number of ether oxygens (including phenoxy) is 1. The number of nitrogens with one attached hydrogen (secondary N) is 1. The Hall–Kier alpha value is -3.67. The summed E-state index contributed by atoms with van der Waals surface area (Å²) in [5.41, 5.74) is 1.52. The van der Waals surface area contributed by atoms with Crippen LogP contribution in [0.2, 0.25) is 0 Å². The summed E-state index contributed by atoms with van der Waals surface area (Å²) in [7, 11) is 0. The summed E-state index contributed by atoms with van der Waals surface area (Å²) in [6.45, 7) is 0.828. The number of para-hydroxylation sites is 1. The predicted octanol–water partition coefficient (Wildman–Crippen LogP) is 3.54. The van der Waals surface area contributed by atoms with Crippen molar-refractivity contribution in [2.75, 3.05) is 11.4 Å². The molecule has 29 heavy (non-hydrogen) atoms. The quantitative estimate of drug-likeness (QED) is 0.657. The molecule has 6 nitrogen and oxygen atoms in total. The van der Waals surface area contributed by atoms with Crippen LogP contribution in [-0.2, 0) is 16.1 Å². The molecule has 0 radical (unpaired) electrons. The molecule has 3 aromatic rings. The molecule has 1 N–H and O–H groups in total. The normalized spacial score (nSPS) is 15.9. The Morgan fingerprint density at radius 1 is 1.00 bits per heavy atom. The maximum Gasteiger partial charge on any atom is 0.239 e. The molecule has 0 spiro atoms. The Morgan fingerprint density at radius 3 is 2.45 bits per heavy atom. The average molecular weight is 387 g/mol. The Morgan fingerprint density at radius 2 is 1.72 bits per heavy atom. The maximum absolute atomic E-state index is 12.8. The summed E-state index contributed by atoms with van der Waals surface area (Å²) in [5, 5.41) is 2.81. The van der Waals surface area contributed by atoms with Gasteiger partial charge in [0.25, 0.3) is 0 Å². The van der Waals surface area contributed by atoms with E-state index in [9.17, 15) is 9.59 Å². The molecule has 146 valence electrons. The molecule has 1 aliphatic heterocycles. The molecule has 1 aliphatic rings. The Bertz CT molecular complexity index is 975. The van der Waals surface area contributed by atoms with Crippen LogP contribution < -0.4 is 15.0 Å². The van der Waals surface area contributed by atoms with Gasteiger partial charge in [0, 0.05) is 18.4 Å². The zero-order valence-electron chi connectivity index (χ0n) is 15.8. The number of carbonyl (C=O) groups excluding carboxylic acids is 2. The van der Waals surface area contributed by atoms with Crippen LogP contribution in [0, 0.1) is 5.92 Å². The standard InChI is InChI=1S/C23H21N3O3/c27-22(25-16-17-6-4-5-14-24-17)21-13-15-26(23(21)28)18-9-11-20(12-10-18)29-19-7-2-1-3-8-19/h1-12,14,21H,13,15-16H2,(H,25,27). The number of aromatic nitrogens is 1. The fourth-order valence-electron chi connectivity index (χ4n) is 3.30. The van der Waals surface area contributed by atoms with Crippen LogP contribution in [0.25, 0.3) is 0 Å². The molecule has 1 unspecified atom stereocenters. The molecule has 0 aliphatic carbocycles. The highest BCUT2D eigenvalue weighted by Crippen LogP contribution is 2.28. The molecule has 2 amide bonds. The summed E-state index contributed by atoms with van der Waals surface area (Å²) in [5.74, 6) is 0.338. The lowest BCUT2D eigenvalue weighted by Crippen LogP contribution is -2.36. The molecule has 1 atom stereocenters. The minimum Gasteiger partial charge on any atom is -0.457 e. The van der Waals surface area contributed by atoms with E-state index in [1.165, 1.54) is 0 Å². The van der Waals surface area contributed by atoms with Crippen LogP contribution in [0.1, 0.15) is 12.1 Å². The molecule has 0 saturated carbocycles. The summed E-state index contributed by atoms with van der Waals surface area (Å²) >= 11 is 0. The topological polar surface area (TPSA) is 71.5 Å². The number of hydrogen-bond donors (Lipinski definition) is 1. The lowest BCUT2D eigenvalue weighted by Gasteiger charge is -2.17. The maximum atomic E-state index is 12.8. The molecule has 4 rings (SSSR count). The van der Waals surface area contributed by atoms with Crippen molar-refractivity contribution < 1.29 is 14.3 Å². The fourth-order valence-corrected chi connectivity index (χ4v) is 3.30. The van der Waals surface area contributed by atoms with Crippen molar-refractivity contribution in [3.63, 3.8) is 0 Å². The van der Waals surface area contributed by atoms with Crippen molar-refractivity contribution in [1.82, 2.24) is 10.3 Å². The third-order valence-corrected chi connectivity index (χ3v) is 4.82. The van der Waals surface area contributed by atoms with Gasteiger partial charge in [-0.15, -0.1) is 0 Å². The lowest BCUT2D eigenvalue weighted by molar-refractivity contribution is -0.132. The van der Waals surface area contributed by atoms with E-state index >= 15 is 0 Å². The number of rotatable bonds is 6. The van der Waals surface area contributed by atoms with Gasteiger partial charge in [0.15, 0.2) is 0 Å². The van der Waals surface area contributed by atoms with Crippen LogP contribution in [0.3, 0.4) is 0 Å². The van der Waals surface area contributed by atoms with E-state index in [4.69, 9.17) is 4.74 Å². The second-order valence-electron chi connectivity index (χ2n) is 6.78. The number of nitrogens with zero attached hydrogens (tertiary/aromatic N) is 2. The van der Waals surface area contributed by atoms with Crippen LogP contribution in [0.15, 0.2) is 79.0 Å². The second kappa shape index (κ2) is 8.56. The van der Waals surface area contributed by atoms with Crippen LogP contribution >= 0.6 is 0 Å². The van der Waals surface area contributed by atoms with Crippen molar-refractivity contribution in [2.45, 2.75) is 13.0 Å². The van der Waals surface area contributed by atoms with E-state index in [1.54, 1.807) is 11.1 Å².